The van der Waals surface area contributed by atoms with E-state index < -0.39 is 0 Å². The first-order valence-electron chi connectivity index (χ1n) is 5.46. The average Bonchev–Trinajstić information content (AvgIpc) is 2.99. The fraction of sp³-hybridized carbons (Fsp3) is 0.636. The van der Waals surface area contributed by atoms with Crippen LogP contribution in [0.4, 0.5) is 0 Å². The third-order valence-corrected chi connectivity index (χ3v) is 3.61. The summed E-state index contributed by atoms with van der Waals surface area (Å²) in [6, 6.07) is 2.85. The lowest BCUT2D eigenvalue weighted by atomic mass is 10.2. The van der Waals surface area contributed by atoms with Crippen molar-refractivity contribution in [3.63, 3.8) is 0 Å². The van der Waals surface area contributed by atoms with Gasteiger partial charge < -0.3 is 10.2 Å². The molecule has 1 heterocycles. The molecule has 1 aromatic rings. The van der Waals surface area contributed by atoms with E-state index in [4.69, 9.17) is 10.2 Å². The molecule has 0 aromatic carbocycles. The quantitative estimate of drug-likeness (QED) is 0.896. The van der Waals surface area contributed by atoms with Crippen LogP contribution in [0.2, 0.25) is 0 Å². The Balaban J connectivity index is 2.18. The van der Waals surface area contributed by atoms with Crippen molar-refractivity contribution in [2.75, 3.05) is 13.1 Å². The molecule has 1 aliphatic rings. The van der Waals surface area contributed by atoms with Crippen LogP contribution in [-0.4, -0.2) is 24.0 Å². The third kappa shape index (κ3) is 2.27. The third-order valence-electron chi connectivity index (χ3n) is 2.95. The predicted molar refractivity (Wildman–Crippen MR) is 63.6 cm³/mol. The van der Waals surface area contributed by atoms with Gasteiger partial charge in [0.25, 0.3) is 0 Å². The Hall–Kier alpha value is -0.320. The number of likely N-dealkylation sites (N-methyl/N-ethyl adjacent to an activating group) is 1. The highest BCUT2D eigenvalue weighted by atomic mass is 79.9. The lowest BCUT2D eigenvalue weighted by Crippen LogP contribution is -2.35. The molecule has 1 aliphatic carbocycles. The Morgan fingerprint density at radius 1 is 1.67 bits per heavy atom. The zero-order chi connectivity index (χ0) is 10.8. The molecule has 4 heteroatoms. The molecule has 0 amide bonds. The van der Waals surface area contributed by atoms with E-state index in [-0.39, 0.29) is 6.04 Å². The molecule has 0 bridgehead atoms. The number of nitrogens with zero attached hydrogens (tertiary/aromatic N) is 1. The molecular formula is C11H17BrN2O. The number of halogens is 1. The minimum absolute atomic E-state index is 0.215. The topological polar surface area (TPSA) is 42.4 Å². The number of hydrogen-bond donors (Lipinski definition) is 1. The maximum atomic E-state index is 5.85. The van der Waals surface area contributed by atoms with Crippen LogP contribution in [0.3, 0.4) is 0 Å². The first-order chi connectivity index (χ1) is 7.27. The zero-order valence-corrected chi connectivity index (χ0v) is 10.5. The number of rotatable bonds is 5. The summed E-state index contributed by atoms with van der Waals surface area (Å²) >= 11 is 3.50. The highest BCUT2D eigenvalue weighted by Gasteiger charge is 2.34. The van der Waals surface area contributed by atoms with E-state index in [1.54, 1.807) is 6.26 Å². The second-order valence-electron chi connectivity index (χ2n) is 3.95. The zero-order valence-electron chi connectivity index (χ0n) is 8.95. The molecule has 0 aliphatic heterocycles. The Labute approximate surface area is 98.7 Å². The molecule has 0 saturated heterocycles. The van der Waals surface area contributed by atoms with Crippen LogP contribution in [0.1, 0.15) is 31.6 Å². The van der Waals surface area contributed by atoms with Crippen molar-refractivity contribution in [1.82, 2.24) is 4.90 Å². The lowest BCUT2D eigenvalue weighted by molar-refractivity contribution is 0.178. The Bertz CT molecular complexity index is 322. The van der Waals surface area contributed by atoms with Crippen molar-refractivity contribution >= 4 is 15.9 Å². The van der Waals surface area contributed by atoms with Gasteiger partial charge in [0.2, 0.25) is 0 Å². The van der Waals surface area contributed by atoms with E-state index in [0.29, 0.717) is 12.6 Å². The van der Waals surface area contributed by atoms with Crippen LogP contribution >= 0.6 is 15.9 Å². The molecule has 2 rings (SSSR count). The van der Waals surface area contributed by atoms with Gasteiger partial charge in [-0.2, -0.15) is 0 Å². The van der Waals surface area contributed by atoms with Crippen LogP contribution in [-0.2, 0) is 0 Å². The van der Waals surface area contributed by atoms with Crippen molar-refractivity contribution in [2.24, 2.45) is 5.73 Å². The van der Waals surface area contributed by atoms with Gasteiger partial charge in [-0.05, 0) is 41.4 Å². The molecule has 1 atom stereocenters. The maximum Gasteiger partial charge on any atom is 0.136 e. The fourth-order valence-electron chi connectivity index (χ4n) is 2.08. The Kier molecular flexibility index (Phi) is 3.49. The largest absolute Gasteiger partial charge is 0.466 e. The molecule has 1 aromatic heterocycles. The van der Waals surface area contributed by atoms with Gasteiger partial charge in [-0.1, -0.05) is 6.92 Å². The first-order valence-corrected chi connectivity index (χ1v) is 6.26. The predicted octanol–water partition coefficient (Wildman–Crippen LogP) is 2.53. The van der Waals surface area contributed by atoms with Crippen molar-refractivity contribution in [3.8, 4) is 0 Å². The molecule has 84 valence electrons. The molecule has 0 spiro atoms. The Morgan fingerprint density at radius 3 is 2.80 bits per heavy atom. The minimum atomic E-state index is 0.215. The van der Waals surface area contributed by atoms with Gasteiger partial charge in [0.05, 0.1) is 16.8 Å². The fourth-order valence-corrected chi connectivity index (χ4v) is 2.54. The Morgan fingerprint density at radius 2 is 2.40 bits per heavy atom. The molecule has 0 radical (unpaired) electrons. The van der Waals surface area contributed by atoms with E-state index in [2.05, 4.69) is 27.8 Å². The minimum Gasteiger partial charge on any atom is -0.466 e. The van der Waals surface area contributed by atoms with Crippen molar-refractivity contribution in [1.29, 1.82) is 0 Å². The molecule has 2 N–H and O–H groups in total. The molecular weight excluding hydrogens is 256 g/mol. The second-order valence-corrected chi connectivity index (χ2v) is 4.80. The van der Waals surface area contributed by atoms with Crippen LogP contribution in [0.25, 0.3) is 0 Å². The summed E-state index contributed by atoms with van der Waals surface area (Å²) in [5, 5.41) is 0. The molecule has 3 nitrogen and oxygen atoms in total. The highest BCUT2D eigenvalue weighted by molar-refractivity contribution is 9.10. The van der Waals surface area contributed by atoms with Gasteiger partial charge in [0, 0.05) is 12.6 Å². The lowest BCUT2D eigenvalue weighted by Gasteiger charge is -2.28. The van der Waals surface area contributed by atoms with Crippen molar-refractivity contribution < 1.29 is 4.42 Å². The van der Waals surface area contributed by atoms with E-state index in [0.717, 1.165) is 16.8 Å². The molecule has 15 heavy (non-hydrogen) atoms. The van der Waals surface area contributed by atoms with Gasteiger partial charge in [-0.3, -0.25) is 4.90 Å². The molecule has 1 fully saturated rings. The normalized spacial score (nSPS) is 18.4. The summed E-state index contributed by atoms with van der Waals surface area (Å²) in [4.78, 5) is 2.43. The van der Waals surface area contributed by atoms with Crippen LogP contribution in [0, 0.1) is 0 Å². The standard InChI is InChI=1S/C11H17BrN2O/c1-2-14(8-3-4-8)10(7-13)11-9(12)5-6-15-11/h5-6,8,10H,2-4,7,13H2,1H3. The van der Waals surface area contributed by atoms with Crippen molar-refractivity contribution in [2.45, 2.75) is 31.8 Å². The van der Waals surface area contributed by atoms with E-state index >= 15 is 0 Å². The average molecular weight is 273 g/mol. The molecule has 1 saturated carbocycles. The highest BCUT2D eigenvalue weighted by Crippen LogP contribution is 2.36. The summed E-state index contributed by atoms with van der Waals surface area (Å²) in [6.45, 7) is 3.81. The van der Waals surface area contributed by atoms with Crippen LogP contribution in [0.15, 0.2) is 21.2 Å². The van der Waals surface area contributed by atoms with Gasteiger partial charge in [-0.15, -0.1) is 0 Å². The first kappa shape index (κ1) is 11.2. The smallest absolute Gasteiger partial charge is 0.136 e. The number of hydrogen-bond acceptors (Lipinski definition) is 3. The monoisotopic (exact) mass is 272 g/mol. The van der Waals surface area contributed by atoms with Crippen LogP contribution < -0.4 is 5.73 Å². The van der Waals surface area contributed by atoms with Gasteiger partial charge in [0.15, 0.2) is 0 Å². The summed E-state index contributed by atoms with van der Waals surface area (Å²) < 4.78 is 6.53. The van der Waals surface area contributed by atoms with Gasteiger partial charge in [0.1, 0.15) is 5.76 Å². The van der Waals surface area contributed by atoms with E-state index in [1.807, 2.05) is 6.07 Å². The van der Waals surface area contributed by atoms with E-state index in [9.17, 15) is 0 Å². The van der Waals surface area contributed by atoms with Gasteiger partial charge in [-0.25, -0.2) is 0 Å². The second kappa shape index (κ2) is 4.68. The van der Waals surface area contributed by atoms with Crippen molar-refractivity contribution in [3.05, 3.63) is 22.6 Å². The molecule has 1 unspecified atom stereocenters. The summed E-state index contributed by atoms with van der Waals surface area (Å²) in [7, 11) is 0. The number of furan rings is 1. The number of nitrogens with two attached hydrogens (primary N) is 1. The SMILES string of the molecule is CCN(C1CC1)C(CN)c1occc1Br. The van der Waals surface area contributed by atoms with Gasteiger partial charge >= 0.3 is 0 Å². The summed E-state index contributed by atoms with van der Waals surface area (Å²) in [6.07, 6.45) is 4.30. The summed E-state index contributed by atoms with van der Waals surface area (Å²) in [5.41, 5.74) is 5.85. The van der Waals surface area contributed by atoms with Crippen LogP contribution in [0.5, 0.6) is 0 Å². The maximum absolute atomic E-state index is 5.85. The summed E-state index contributed by atoms with van der Waals surface area (Å²) in [5.74, 6) is 0.964. The van der Waals surface area contributed by atoms with E-state index in [1.165, 1.54) is 12.8 Å².